The highest BCUT2D eigenvalue weighted by atomic mass is 16.5. The fourth-order valence-electron chi connectivity index (χ4n) is 2.40. The molecule has 2 aromatic rings. The van der Waals surface area contributed by atoms with Crippen LogP contribution >= 0.6 is 0 Å². The van der Waals surface area contributed by atoms with Crippen molar-refractivity contribution in [1.29, 1.82) is 0 Å². The molecule has 0 radical (unpaired) electrons. The molecule has 0 atom stereocenters. The molecule has 0 saturated heterocycles. The summed E-state index contributed by atoms with van der Waals surface area (Å²) >= 11 is 0. The van der Waals surface area contributed by atoms with Gasteiger partial charge >= 0.3 is 5.97 Å². The van der Waals surface area contributed by atoms with Crippen LogP contribution in [0, 0.1) is 20.8 Å². The monoisotopic (exact) mass is 343 g/mol. The minimum atomic E-state index is -0.685. The summed E-state index contributed by atoms with van der Waals surface area (Å²) in [6.45, 7) is 5.64. The van der Waals surface area contributed by atoms with Crippen LogP contribution in [-0.4, -0.2) is 30.7 Å². The van der Waals surface area contributed by atoms with Crippen LogP contribution in [-0.2, 0) is 9.53 Å². The number of carbonyl (C=O) groups excluding carboxylic acids is 2. The summed E-state index contributed by atoms with van der Waals surface area (Å²) in [6.07, 6.45) is 0. The highest BCUT2D eigenvalue weighted by Gasteiger charge is 2.16. The summed E-state index contributed by atoms with van der Waals surface area (Å²) in [5.74, 6) is -0.836. The Hall–Kier alpha value is -3.02. The quantitative estimate of drug-likeness (QED) is 0.644. The summed E-state index contributed by atoms with van der Waals surface area (Å²) < 4.78 is 10.2. The van der Waals surface area contributed by atoms with Crippen LogP contribution in [0.3, 0.4) is 0 Å². The number of esters is 1. The molecule has 0 spiro atoms. The molecule has 6 nitrogen and oxygen atoms in total. The van der Waals surface area contributed by atoms with Crippen molar-refractivity contribution in [2.45, 2.75) is 20.8 Å². The van der Waals surface area contributed by atoms with Gasteiger partial charge in [0.15, 0.2) is 12.4 Å². The van der Waals surface area contributed by atoms with Gasteiger partial charge in [0, 0.05) is 0 Å². The molecule has 6 heteroatoms. The van der Waals surface area contributed by atoms with Gasteiger partial charge in [0.1, 0.15) is 11.3 Å². The largest absolute Gasteiger partial charge is 0.505 e. The molecule has 132 valence electrons. The third-order valence-corrected chi connectivity index (χ3v) is 3.84. The Morgan fingerprint density at radius 1 is 1.16 bits per heavy atom. The number of hydrogen-bond donors (Lipinski definition) is 2. The van der Waals surface area contributed by atoms with E-state index in [0.29, 0.717) is 5.75 Å². The number of anilines is 1. The first-order valence-electron chi connectivity index (χ1n) is 7.74. The number of rotatable bonds is 5. The second kappa shape index (κ2) is 7.70. The van der Waals surface area contributed by atoms with E-state index in [0.717, 1.165) is 16.7 Å². The van der Waals surface area contributed by atoms with Gasteiger partial charge < -0.3 is 19.9 Å². The lowest BCUT2D eigenvalue weighted by Gasteiger charge is -2.13. The molecule has 0 aliphatic heterocycles. The highest BCUT2D eigenvalue weighted by Crippen LogP contribution is 2.28. The van der Waals surface area contributed by atoms with E-state index in [1.807, 2.05) is 32.9 Å². The molecule has 2 N–H and O–H groups in total. The summed E-state index contributed by atoms with van der Waals surface area (Å²) in [5.41, 5.74) is 3.19. The molecule has 0 fully saturated rings. The second-order valence-corrected chi connectivity index (χ2v) is 5.74. The molecule has 0 aliphatic rings. The van der Waals surface area contributed by atoms with Gasteiger partial charge in [-0.15, -0.1) is 0 Å². The number of aromatic hydroxyl groups is 1. The lowest BCUT2D eigenvalue weighted by atomic mass is 10.1. The molecule has 2 aromatic carbocycles. The minimum absolute atomic E-state index is 0.0219. The van der Waals surface area contributed by atoms with Crippen LogP contribution in [0.4, 0.5) is 5.69 Å². The summed E-state index contributed by atoms with van der Waals surface area (Å²) in [7, 11) is 1.22. The van der Waals surface area contributed by atoms with E-state index in [1.165, 1.54) is 25.3 Å². The fourth-order valence-corrected chi connectivity index (χ4v) is 2.40. The van der Waals surface area contributed by atoms with E-state index in [9.17, 15) is 14.7 Å². The molecule has 0 saturated carbocycles. The summed E-state index contributed by atoms with van der Waals surface area (Å²) in [6, 6.07) is 8.34. The molecule has 0 unspecified atom stereocenters. The fraction of sp³-hybridized carbons (Fsp3) is 0.263. The number of benzene rings is 2. The van der Waals surface area contributed by atoms with Crippen molar-refractivity contribution in [3.8, 4) is 11.5 Å². The first-order chi connectivity index (χ1) is 11.8. The molecule has 2 rings (SSSR count). The van der Waals surface area contributed by atoms with E-state index >= 15 is 0 Å². The number of methoxy groups -OCH3 is 1. The molecule has 0 bridgehead atoms. The molecular weight excluding hydrogens is 322 g/mol. The zero-order valence-corrected chi connectivity index (χ0v) is 14.7. The van der Waals surface area contributed by atoms with Gasteiger partial charge in [0.2, 0.25) is 0 Å². The van der Waals surface area contributed by atoms with Gasteiger partial charge in [0.05, 0.1) is 12.8 Å². The number of para-hydroxylation sites is 1. The number of phenols is 1. The zero-order chi connectivity index (χ0) is 18.6. The third-order valence-electron chi connectivity index (χ3n) is 3.84. The average Bonchev–Trinajstić information content (AvgIpc) is 2.58. The number of phenolic OH excluding ortho intramolecular Hbond substituents is 1. The van der Waals surface area contributed by atoms with Crippen molar-refractivity contribution >= 4 is 17.6 Å². The van der Waals surface area contributed by atoms with Gasteiger partial charge in [0.25, 0.3) is 5.91 Å². The van der Waals surface area contributed by atoms with Crippen LogP contribution in [0.1, 0.15) is 27.0 Å². The van der Waals surface area contributed by atoms with Crippen molar-refractivity contribution in [3.63, 3.8) is 0 Å². The Labute approximate surface area is 146 Å². The Kier molecular flexibility index (Phi) is 5.64. The highest BCUT2D eigenvalue weighted by molar-refractivity contribution is 5.98. The molecule has 1 amide bonds. The standard InChI is InChI=1S/C19H21NO5/c1-11-8-12(2)13(3)16(9-11)25-10-17(21)20-15-7-5-6-14(18(15)22)19(23)24-4/h5-9,22H,10H2,1-4H3,(H,20,21). The summed E-state index contributed by atoms with van der Waals surface area (Å²) in [5, 5.41) is 12.6. The van der Waals surface area contributed by atoms with Crippen molar-refractivity contribution in [2.75, 3.05) is 19.0 Å². The number of carbonyl (C=O) groups is 2. The van der Waals surface area contributed by atoms with Crippen molar-refractivity contribution in [2.24, 2.45) is 0 Å². The zero-order valence-electron chi connectivity index (χ0n) is 14.7. The second-order valence-electron chi connectivity index (χ2n) is 5.74. The Morgan fingerprint density at radius 3 is 2.56 bits per heavy atom. The molecular formula is C19H21NO5. The number of hydrogen-bond acceptors (Lipinski definition) is 5. The first-order valence-corrected chi connectivity index (χ1v) is 7.74. The molecule has 0 heterocycles. The van der Waals surface area contributed by atoms with Gasteiger partial charge in [-0.25, -0.2) is 4.79 Å². The van der Waals surface area contributed by atoms with Crippen LogP contribution < -0.4 is 10.1 Å². The maximum Gasteiger partial charge on any atom is 0.341 e. The van der Waals surface area contributed by atoms with Gasteiger partial charge in [-0.3, -0.25) is 4.79 Å². The van der Waals surface area contributed by atoms with E-state index in [4.69, 9.17) is 4.74 Å². The van der Waals surface area contributed by atoms with Crippen LogP contribution in [0.2, 0.25) is 0 Å². The SMILES string of the molecule is COC(=O)c1cccc(NC(=O)COc2cc(C)cc(C)c2C)c1O. The third kappa shape index (κ3) is 4.29. The minimum Gasteiger partial charge on any atom is -0.505 e. The topological polar surface area (TPSA) is 84.9 Å². The lowest BCUT2D eigenvalue weighted by Crippen LogP contribution is -2.21. The van der Waals surface area contributed by atoms with E-state index < -0.39 is 11.9 Å². The van der Waals surface area contributed by atoms with Crippen molar-refractivity contribution in [1.82, 2.24) is 0 Å². The number of nitrogens with one attached hydrogen (secondary N) is 1. The predicted molar refractivity (Wildman–Crippen MR) is 94.2 cm³/mol. The Bertz CT molecular complexity index is 814. The van der Waals surface area contributed by atoms with E-state index in [-0.39, 0.29) is 23.6 Å². The normalized spacial score (nSPS) is 10.2. The maximum absolute atomic E-state index is 12.1. The number of aryl methyl sites for hydroxylation is 2. The first kappa shape index (κ1) is 18.3. The molecule has 0 aromatic heterocycles. The number of amides is 1. The maximum atomic E-state index is 12.1. The van der Waals surface area contributed by atoms with Crippen LogP contribution in [0.25, 0.3) is 0 Å². The van der Waals surface area contributed by atoms with Gasteiger partial charge in [-0.1, -0.05) is 12.1 Å². The molecule has 25 heavy (non-hydrogen) atoms. The van der Waals surface area contributed by atoms with Gasteiger partial charge in [-0.05, 0) is 55.7 Å². The lowest BCUT2D eigenvalue weighted by molar-refractivity contribution is -0.118. The van der Waals surface area contributed by atoms with Gasteiger partial charge in [-0.2, -0.15) is 0 Å². The van der Waals surface area contributed by atoms with Crippen LogP contribution in [0.15, 0.2) is 30.3 Å². The van der Waals surface area contributed by atoms with Crippen molar-refractivity contribution in [3.05, 3.63) is 52.6 Å². The summed E-state index contributed by atoms with van der Waals surface area (Å²) in [4.78, 5) is 23.7. The van der Waals surface area contributed by atoms with E-state index in [1.54, 1.807) is 0 Å². The Balaban J connectivity index is 2.08. The van der Waals surface area contributed by atoms with E-state index in [2.05, 4.69) is 10.1 Å². The van der Waals surface area contributed by atoms with Crippen LogP contribution in [0.5, 0.6) is 11.5 Å². The smallest absolute Gasteiger partial charge is 0.341 e. The average molecular weight is 343 g/mol. The number of ether oxygens (including phenoxy) is 2. The van der Waals surface area contributed by atoms with Crippen molar-refractivity contribution < 1.29 is 24.2 Å². The Morgan fingerprint density at radius 2 is 1.88 bits per heavy atom. The molecule has 0 aliphatic carbocycles. The predicted octanol–water partition coefficient (Wildman–Crippen LogP) is 3.12.